The Morgan fingerprint density at radius 1 is 1.47 bits per heavy atom. The average Bonchev–Trinajstić information content (AvgIpc) is 2.94. The Bertz CT molecular complexity index is 671. The van der Waals surface area contributed by atoms with E-state index in [2.05, 4.69) is 19.7 Å². The van der Waals surface area contributed by atoms with Crippen LogP contribution in [0.25, 0.3) is 0 Å². The Morgan fingerprint density at radius 3 is 2.74 bits per heavy atom. The fourth-order valence-corrected chi connectivity index (χ4v) is 4.58. The largest absolute Gasteiger partial charge is 0.335 e. The summed E-state index contributed by atoms with van der Waals surface area (Å²) in [5, 5.41) is 2.88. The van der Waals surface area contributed by atoms with Gasteiger partial charge in [-0.1, -0.05) is 0 Å². The number of aromatic nitrogens is 3. The number of hydrogen-bond acceptors (Lipinski definition) is 5. The lowest BCUT2D eigenvalue weighted by molar-refractivity contribution is 0.223. The molecule has 0 saturated heterocycles. The maximum Gasteiger partial charge on any atom is 0.258 e. The first-order chi connectivity index (χ1) is 9.02. The number of rotatable bonds is 4. The van der Waals surface area contributed by atoms with Gasteiger partial charge < -0.3 is 4.98 Å². The Hall–Kier alpha value is -1.25. The van der Waals surface area contributed by atoms with Crippen LogP contribution in [0.5, 0.6) is 0 Å². The van der Waals surface area contributed by atoms with Gasteiger partial charge >= 0.3 is 0 Å². The van der Waals surface area contributed by atoms with E-state index in [-0.39, 0.29) is 5.03 Å². The molecular weight excluding hydrogens is 284 g/mol. The van der Waals surface area contributed by atoms with E-state index in [1.165, 1.54) is 23.9 Å². The molecule has 8 heteroatoms. The van der Waals surface area contributed by atoms with Gasteiger partial charge in [0, 0.05) is 11.1 Å². The quantitative estimate of drug-likeness (QED) is 0.896. The van der Waals surface area contributed by atoms with Crippen molar-refractivity contribution in [3.05, 3.63) is 28.6 Å². The highest BCUT2D eigenvalue weighted by atomic mass is 32.2. The third-order valence-electron chi connectivity index (χ3n) is 3.33. The summed E-state index contributed by atoms with van der Waals surface area (Å²) in [5.41, 5.74) is 0.384. The third kappa shape index (κ3) is 2.19. The second-order valence-corrected chi connectivity index (χ2v) is 7.26. The van der Waals surface area contributed by atoms with Crippen LogP contribution in [0.2, 0.25) is 0 Å². The third-order valence-corrected chi connectivity index (χ3v) is 5.95. The molecule has 2 aromatic heterocycles. The summed E-state index contributed by atoms with van der Waals surface area (Å²) >= 11 is 1.51. The van der Waals surface area contributed by atoms with Crippen molar-refractivity contribution >= 4 is 21.4 Å². The number of imidazole rings is 1. The molecule has 1 aliphatic rings. The maximum atomic E-state index is 12.3. The zero-order valence-electron chi connectivity index (χ0n) is 10.4. The van der Waals surface area contributed by atoms with Gasteiger partial charge in [0.25, 0.3) is 10.0 Å². The summed E-state index contributed by atoms with van der Waals surface area (Å²) in [4.78, 5) is 10.8. The molecule has 0 aromatic carbocycles. The second kappa shape index (κ2) is 4.39. The highest BCUT2D eigenvalue weighted by Crippen LogP contribution is 2.43. The Balaban J connectivity index is 1.92. The molecule has 0 atom stereocenters. The molecule has 19 heavy (non-hydrogen) atoms. The molecule has 3 rings (SSSR count). The number of hydrogen-bond donors (Lipinski definition) is 2. The van der Waals surface area contributed by atoms with Crippen LogP contribution in [-0.4, -0.2) is 23.4 Å². The van der Waals surface area contributed by atoms with Crippen LogP contribution in [-0.2, 0) is 15.6 Å². The van der Waals surface area contributed by atoms with Crippen molar-refractivity contribution < 1.29 is 8.42 Å². The number of nitrogens with one attached hydrogen (secondary N) is 2. The zero-order valence-corrected chi connectivity index (χ0v) is 12.0. The molecule has 102 valence electrons. The van der Waals surface area contributed by atoms with Gasteiger partial charge in [-0.3, -0.25) is 0 Å². The number of aromatic amines is 1. The summed E-state index contributed by atoms with van der Waals surface area (Å²) in [6, 6.07) is 0. The highest BCUT2D eigenvalue weighted by molar-refractivity contribution is 7.89. The van der Waals surface area contributed by atoms with E-state index < -0.39 is 15.6 Å². The fourth-order valence-electron chi connectivity index (χ4n) is 2.17. The van der Waals surface area contributed by atoms with Crippen molar-refractivity contribution in [3.8, 4) is 0 Å². The number of nitrogens with zero attached hydrogens (tertiary/aromatic N) is 2. The minimum atomic E-state index is -3.58. The van der Waals surface area contributed by atoms with Gasteiger partial charge in [0.2, 0.25) is 0 Å². The molecule has 6 nitrogen and oxygen atoms in total. The smallest absolute Gasteiger partial charge is 0.258 e. The van der Waals surface area contributed by atoms with Crippen LogP contribution in [0.15, 0.2) is 22.9 Å². The van der Waals surface area contributed by atoms with Gasteiger partial charge in [0.05, 0.1) is 18.1 Å². The van der Waals surface area contributed by atoms with E-state index in [1.807, 2.05) is 12.3 Å². The molecule has 2 aromatic rings. The van der Waals surface area contributed by atoms with Crippen LogP contribution in [0, 0.1) is 6.92 Å². The molecule has 0 bridgehead atoms. The van der Waals surface area contributed by atoms with Crippen LogP contribution in [0.1, 0.15) is 30.0 Å². The van der Waals surface area contributed by atoms with Crippen molar-refractivity contribution in [2.24, 2.45) is 0 Å². The number of aryl methyl sites for hydroxylation is 1. The maximum absolute atomic E-state index is 12.3. The lowest BCUT2D eigenvalue weighted by Gasteiger charge is -2.40. The average molecular weight is 298 g/mol. The lowest BCUT2D eigenvalue weighted by atomic mass is 9.78. The molecule has 2 N–H and O–H groups in total. The molecule has 2 heterocycles. The van der Waals surface area contributed by atoms with E-state index in [0.29, 0.717) is 0 Å². The summed E-state index contributed by atoms with van der Waals surface area (Å²) in [6.45, 7) is 1.91. The molecule has 0 radical (unpaired) electrons. The standard InChI is InChI=1S/C11H14N4O2S2/c1-8-6-18-10(14-8)11(3-2-4-11)15-19(16,17)9-5-12-7-13-9/h5-7,15H,2-4H2,1H3,(H,12,13). The van der Waals surface area contributed by atoms with Crippen LogP contribution >= 0.6 is 11.3 Å². The minimum Gasteiger partial charge on any atom is -0.335 e. The van der Waals surface area contributed by atoms with Crippen molar-refractivity contribution in [1.82, 2.24) is 19.7 Å². The van der Waals surface area contributed by atoms with Gasteiger partial charge in [-0.15, -0.1) is 11.3 Å². The van der Waals surface area contributed by atoms with Gasteiger partial charge in [-0.25, -0.2) is 18.4 Å². The van der Waals surface area contributed by atoms with Crippen molar-refractivity contribution in [1.29, 1.82) is 0 Å². The van der Waals surface area contributed by atoms with E-state index >= 15 is 0 Å². The SMILES string of the molecule is Cc1csc(C2(NS(=O)(=O)c3cnc[nH]3)CCC2)n1. The predicted molar refractivity (Wildman–Crippen MR) is 71.3 cm³/mol. The number of thiazole rings is 1. The normalized spacial score (nSPS) is 18.2. The van der Waals surface area contributed by atoms with Crippen molar-refractivity contribution in [2.75, 3.05) is 0 Å². The van der Waals surface area contributed by atoms with E-state index in [4.69, 9.17) is 0 Å². The molecule has 1 saturated carbocycles. The van der Waals surface area contributed by atoms with Crippen LogP contribution < -0.4 is 4.72 Å². The van der Waals surface area contributed by atoms with Crippen LogP contribution in [0.4, 0.5) is 0 Å². The highest BCUT2D eigenvalue weighted by Gasteiger charge is 2.44. The topological polar surface area (TPSA) is 87.7 Å². The van der Waals surface area contributed by atoms with Crippen molar-refractivity contribution in [2.45, 2.75) is 36.8 Å². The molecule has 0 spiro atoms. The molecule has 1 aliphatic carbocycles. The van der Waals surface area contributed by atoms with Gasteiger partial charge in [0.1, 0.15) is 5.01 Å². The molecular formula is C11H14N4O2S2. The summed E-state index contributed by atoms with van der Waals surface area (Å²) in [7, 11) is -3.58. The van der Waals surface area contributed by atoms with E-state index in [1.54, 1.807) is 0 Å². The van der Waals surface area contributed by atoms with Gasteiger partial charge in [-0.2, -0.15) is 4.72 Å². The molecule has 1 fully saturated rings. The van der Waals surface area contributed by atoms with Gasteiger partial charge in [0.15, 0.2) is 5.03 Å². The van der Waals surface area contributed by atoms with Crippen molar-refractivity contribution in [3.63, 3.8) is 0 Å². The predicted octanol–water partition coefficient (Wildman–Crippen LogP) is 1.53. The van der Waals surface area contributed by atoms with Crippen LogP contribution in [0.3, 0.4) is 0 Å². The van der Waals surface area contributed by atoms with Gasteiger partial charge in [-0.05, 0) is 26.2 Å². The van der Waals surface area contributed by atoms with E-state index in [9.17, 15) is 8.42 Å². The first kappa shape index (κ1) is 12.8. The Kier molecular flexibility index (Phi) is 2.95. The second-order valence-electron chi connectivity index (χ2n) is 4.75. The summed E-state index contributed by atoms with van der Waals surface area (Å²) in [6.07, 6.45) is 5.24. The lowest BCUT2D eigenvalue weighted by Crippen LogP contribution is -2.50. The molecule has 0 unspecified atom stereocenters. The number of sulfonamides is 1. The van der Waals surface area contributed by atoms with E-state index in [0.717, 1.165) is 30.0 Å². The first-order valence-corrected chi connectivity index (χ1v) is 8.33. The molecule has 0 aliphatic heterocycles. The monoisotopic (exact) mass is 298 g/mol. The Labute approximate surface area is 115 Å². The first-order valence-electron chi connectivity index (χ1n) is 5.97. The fraction of sp³-hybridized carbons (Fsp3) is 0.455. The summed E-state index contributed by atoms with van der Waals surface area (Å²) < 4.78 is 27.3. The molecule has 0 amide bonds. The Morgan fingerprint density at radius 2 is 2.26 bits per heavy atom. The zero-order chi connectivity index (χ0) is 13.5. The minimum absolute atomic E-state index is 0.0899. The number of H-pyrrole nitrogens is 1. The summed E-state index contributed by atoms with van der Waals surface area (Å²) in [5.74, 6) is 0.